The highest BCUT2D eigenvalue weighted by Crippen LogP contribution is 2.25. The molecule has 2 N–H and O–H groups in total. The monoisotopic (exact) mass is 330 g/mol. The van der Waals surface area contributed by atoms with Crippen molar-refractivity contribution in [1.29, 1.82) is 0 Å². The molecule has 0 unspecified atom stereocenters. The molecule has 0 bridgehead atoms. The van der Waals surface area contributed by atoms with Crippen molar-refractivity contribution in [2.75, 3.05) is 0 Å². The van der Waals surface area contributed by atoms with E-state index < -0.39 is 5.91 Å². The molecule has 5 heteroatoms. The Bertz CT molecular complexity index is 510. The lowest BCUT2D eigenvalue weighted by Gasteiger charge is -1.99. The zero-order valence-electron chi connectivity index (χ0n) is 7.61. The number of rotatable bonds is 2. The number of thiazole rings is 1. The van der Waals surface area contributed by atoms with Gasteiger partial charge in [-0.25, -0.2) is 4.98 Å². The lowest BCUT2D eigenvalue weighted by molar-refractivity contribution is 0.100. The van der Waals surface area contributed by atoms with E-state index in [1.54, 1.807) is 5.51 Å². The van der Waals surface area contributed by atoms with Gasteiger partial charge in [-0.05, 0) is 34.7 Å². The van der Waals surface area contributed by atoms with E-state index in [4.69, 9.17) is 5.73 Å². The van der Waals surface area contributed by atoms with E-state index in [2.05, 4.69) is 27.6 Å². The first kappa shape index (κ1) is 10.6. The van der Waals surface area contributed by atoms with Crippen molar-refractivity contribution >= 4 is 39.8 Å². The molecule has 1 aromatic heterocycles. The fourth-order valence-electron chi connectivity index (χ4n) is 1.26. The van der Waals surface area contributed by atoms with Crippen LogP contribution >= 0.6 is 33.9 Å². The molecule has 1 amide bonds. The molecule has 1 heterocycles. The van der Waals surface area contributed by atoms with Crippen molar-refractivity contribution in [3.8, 4) is 11.3 Å². The summed E-state index contributed by atoms with van der Waals surface area (Å²) in [5.41, 5.74) is 8.50. The molecule has 0 saturated carbocycles. The van der Waals surface area contributed by atoms with Crippen molar-refractivity contribution in [3.63, 3.8) is 0 Å². The van der Waals surface area contributed by atoms with Gasteiger partial charge in [0.25, 0.3) is 5.91 Å². The minimum Gasteiger partial charge on any atom is -0.365 e. The topological polar surface area (TPSA) is 56.0 Å². The maximum Gasteiger partial charge on any atom is 0.261 e. The van der Waals surface area contributed by atoms with Crippen LogP contribution in [0.5, 0.6) is 0 Å². The highest BCUT2D eigenvalue weighted by atomic mass is 127. The Morgan fingerprint density at radius 3 is 2.93 bits per heavy atom. The van der Waals surface area contributed by atoms with Crippen LogP contribution in [0.1, 0.15) is 9.67 Å². The fourth-order valence-corrected chi connectivity index (χ4v) is 2.47. The third kappa shape index (κ3) is 2.18. The molecule has 76 valence electrons. The molecule has 0 atom stereocenters. The van der Waals surface area contributed by atoms with Crippen molar-refractivity contribution < 1.29 is 4.79 Å². The third-order valence-corrected chi connectivity index (χ3v) is 3.40. The molecule has 15 heavy (non-hydrogen) atoms. The molecule has 0 saturated heterocycles. The van der Waals surface area contributed by atoms with E-state index >= 15 is 0 Å². The summed E-state index contributed by atoms with van der Waals surface area (Å²) in [5.74, 6) is -0.425. The molecule has 2 rings (SSSR count). The summed E-state index contributed by atoms with van der Waals surface area (Å²) in [4.78, 5) is 15.8. The first-order chi connectivity index (χ1) is 7.18. The van der Waals surface area contributed by atoms with Gasteiger partial charge in [-0.3, -0.25) is 4.79 Å². The minimum atomic E-state index is -0.425. The number of carbonyl (C=O) groups excluding carboxylic acids is 1. The SMILES string of the molecule is NC(=O)c1scnc1-c1cccc(I)c1. The van der Waals surface area contributed by atoms with Crippen LogP contribution in [0.25, 0.3) is 11.3 Å². The van der Waals surface area contributed by atoms with E-state index in [0.717, 1.165) is 9.13 Å². The van der Waals surface area contributed by atoms with Crippen LogP contribution in [0.2, 0.25) is 0 Å². The van der Waals surface area contributed by atoms with Gasteiger partial charge in [-0.1, -0.05) is 12.1 Å². The van der Waals surface area contributed by atoms with Crippen LogP contribution in [0, 0.1) is 3.57 Å². The number of hydrogen-bond donors (Lipinski definition) is 1. The Hall–Kier alpha value is -0.950. The normalized spacial score (nSPS) is 10.2. The summed E-state index contributed by atoms with van der Waals surface area (Å²) in [6.45, 7) is 0. The first-order valence-electron chi connectivity index (χ1n) is 4.17. The van der Waals surface area contributed by atoms with Gasteiger partial charge in [0.05, 0.1) is 11.2 Å². The molecule has 0 spiro atoms. The summed E-state index contributed by atoms with van der Waals surface area (Å²) in [6.07, 6.45) is 0. The van der Waals surface area contributed by atoms with E-state index in [-0.39, 0.29) is 0 Å². The Balaban J connectivity index is 2.54. The second-order valence-electron chi connectivity index (χ2n) is 2.90. The van der Waals surface area contributed by atoms with Gasteiger partial charge in [0.2, 0.25) is 0 Å². The summed E-state index contributed by atoms with van der Waals surface area (Å²) in [7, 11) is 0. The van der Waals surface area contributed by atoms with Crippen molar-refractivity contribution in [2.24, 2.45) is 5.73 Å². The van der Waals surface area contributed by atoms with E-state index in [1.165, 1.54) is 11.3 Å². The highest BCUT2D eigenvalue weighted by Gasteiger charge is 2.13. The quantitative estimate of drug-likeness (QED) is 0.861. The van der Waals surface area contributed by atoms with E-state index in [9.17, 15) is 4.79 Å². The number of hydrogen-bond acceptors (Lipinski definition) is 3. The molecule has 0 fully saturated rings. The largest absolute Gasteiger partial charge is 0.365 e. The summed E-state index contributed by atoms with van der Waals surface area (Å²) >= 11 is 3.49. The fraction of sp³-hybridized carbons (Fsp3) is 0. The third-order valence-electron chi connectivity index (χ3n) is 1.89. The Labute approximate surface area is 104 Å². The Morgan fingerprint density at radius 2 is 2.27 bits per heavy atom. The molecular formula is C10H7IN2OS. The van der Waals surface area contributed by atoms with Gasteiger partial charge >= 0.3 is 0 Å². The lowest BCUT2D eigenvalue weighted by atomic mass is 10.1. The van der Waals surface area contributed by atoms with Crippen LogP contribution in [0.3, 0.4) is 0 Å². The smallest absolute Gasteiger partial charge is 0.261 e. The standard InChI is InChI=1S/C10H7IN2OS/c11-7-3-1-2-6(4-7)8-9(10(12)14)15-5-13-8/h1-5H,(H2,12,14). The van der Waals surface area contributed by atoms with Crippen LogP contribution in [0.15, 0.2) is 29.8 Å². The van der Waals surface area contributed by atoms with Crippen LogP contribution in [-0.2, 0) is 0 Å². The van der Waals surface area contributed by atoms with Gasteiger partial charge in [-0.2, -0.15) is 0 Å². The molecule has 2 aromatic rings. The Kier molecular flexibility index (Phi) is 3.01. The summed E-state index contributed by atoms with van der Waals surface area (Å²) < 4.78 is 1.11. The molecule has 0 aliphatic carbocycles. The van der Waals surface area contributed by atoms with Gasteiger partial charge in [-0.15, -0.1) is 11.3 Å². The van der Waals surface area contributed by atoms with Gasteiger partial charge in [0, 0.05) is 9.13 Å². The second-order valence-corrected chi connectivity index (χ2v) is 5.01. The number of primary amides is 1. The van der Waals surface area contributed by atoms with Crippen molar-refractivity contribution in [2.45, 2.75) is 0 Å². The number of nitrogens with zero attached hydrogens (tertiary/aromatic N) is 1. The van der Waals surface area contributed by atoms with Crippen LogP contribution in [-0.4, -0.2) is 10.9 Å². The zero-order valence-corrected chi connectivity index (χ0v) is 10.6. The number of benzene rings is 1. The lowest BCUT2D eigenvalue weighted by Crippen LogP contribution is -2.10. The van der Waals surface area contributed by atoms with Crippen molar-refractivity contribution in [1.82, 2.24) is 4.98 Å². The second kappa shape index (κ2) is 4.28. The maximum absolute atomic E-state index is 11.1. The number of halogens is 1. The Morgan fingerprint density at radius 1 is 1.47 bits per heavy atom. The molecule has 1 aromatic carbocycles. The summed E-state index contributed by atoms with van der Waals surface area (Å²) in [5, 5.41) is 0. The van der Waals surface area contributed by atoms with E-state index in [0.29, 0.717) is 10.6 Å². The van der Waals surface area contributed by atoms with Crippen LogP contribution < -0.4 is 5.73 Å². The number of amides is 1. The average molecular weight is 330 g/mol. The molecule has 3 nitrogen and oxygen atoms in total. The van der Waals surface area contributed by atoms with Crippen LogP contribution in [0.4, 0.5) is 0 Å². The summed E-state index contributed by atoms with van der Waals surface area (Å²) in [6, 6.07) is 7.81. The zero-order chi connectivity index (χ0) is 10.8. The molecule has 0 aliphatic heterocycles. The molecular weight excluding hydrogens is 323 g/mol. The average Bonchev–Trinajstić information content (AvgIpc) is 2.65. The number of nitrogens with two attached hydrogens (primary N) is 1. The molecule has 0 aliphatic rings. The van der Waals surface area contributed by atoms with E-state index in [1.807, 2.05) is 24.3 Å². The minimum absolute atomic E-state index is 0.425. The number of carbonyl (C=O) groups is 1. The van der Waals surface area contributed by atoms with Gasteiger partial charge in [0.1, 0.15) is 4.88 Å². The number of aromatic nitrogens is 1. The first-order valence-corrected chi connectivity index (χ1v) is 6.13. The van der Waals surface area contributed by atoms with Crippen molar-refractivity contribution in [3.05, 3.63) is 38.2 Å². The highest BCUT2D eigenvalue weighted by molar-refractivity contribution is 14.1. The predicted molar refractivity (Wildman–Crippen MR) is 68.8 cm³/mol. The predicted octanol–water partition coefficient (Wildman–Crippen LogP) is 2.51. The van der Waals surface area contributed by atoms with Gasteiger partial charge in [0.15, 0.2) is 0 Å². The van der Waals surface area contributed by atoms with Gasteiger partial charge < -0.3 is 5.73 Å². The maximum atomic E-state index is 11.1. The molecule has 0 radical (unpaired) electrons.